The van der Waals surface area contributed by atoms with Gasteiger partial charge in [-0.15, -0.1) is 3.89 Å². The van der Waals surface area contributed by atoms with Gasteiger partial charge >= 0.3 is 16.4 Å². The Morgan fingerprint density at radius 2 is 2.00 bits per heavy atom. The third-order valence-electron chi connectivity index (χ3n) is 2.88. The second-order valence-electron chi connectivity index (χ2n) is 4.20. The van der Waals surface area contributed by atoms with E-state index in [0.717, 1.165) is 12.4 Å². The zero-order valence-corrected chi connectivity index (χ0v) is 10.6. The fourth-order valence-electron chi connectivity index (χ4n) is 1.94. The van der Waals surface area contributed by atoms with Crippen molar-refractivity contribution in [2.75, 3.05) is 11.4 Å². The van der Waals surface area contributed by atoms with E-state index in [1.165, 1.54) is 0 Å². The standard InChI is InChI=1S/C10H8F4N2O3S/c11-10(12,13)7-1-2-15-4-8(7)16-5-6(3-9(16)17)20(14,18)19/h1-2,4,6H,3,5H2. The van der Waals surface area contributed by atoms with E-state index in [1.54, 1.807) is 0 Å². The highest BCUT2D eigenvalue weighted by molar-refractivity contribution is 7.87. The summed E-state index contributed by atoms with van der Waals surface area (Å²) in [7, 11) is -4.99. The molecule has 0 radical (unpaired) electrons. The number of carbonyl (C=O) groups excluding carboxylic acids is 1. The van der Waals surface area contributed by atoms with Crippen molar-refractivity contribution in [3.63, 3.8) is 0 Å². The van der Waals surface area contributed by atoms with E-state index < -0.39 is 51.8 Å². The van der Waals surface area contributed by atoms with Crippen LogP contribution >= 0.6 is 0 Å². The summed E-state index contributed by atoms with van der Waals surface area (Å²) in [6.07, 6.45) is -3.72. The van der Waals surface area contributed by atoms with Crippen LogP contribution in [0.2, 0.25) is 0 Å². The number of nitrogens with zero attached hydrogens (tertiary/aromatic N) is 2. The highest BCUT2D eigenvalue weighted by Crippen LogP contribution is 2.37. The highest BCUT2D eigenvalue weighted by Gasteiger charge is 2.43. The molecule has 2 rings (SSSR count). The summed E-state index contributed by atoms with van der Waals surface area (Å²) in [5.41, 5.74) is -1.70. The molecular formula is C10H8F4N2O3S. The van der Waals surface area contributed by atoms with Crippen LogP contribution in [-0.4, -0.2) is 31.1 Å². The first-order chi connectivity index (χ1) is 9.10. The van der Waals surface area contributed by atoms with Crippen molar-refractivity contribution in [3.05, 3.63) is 24.0 Å². The maximum atomic E-state index is 12.8. The molecule has 0 saturated carbocycles. The van der Waals surface area contributed by atoms with E-state index >= 15 is 0 Å². The molecule has 1 atom stereocenters. The Balaban J connectivity index is 2.41. The van der Waals surface area contributed by atoms with Crippen molar-refractivity contribution in [1.29, 1.82) is 0 Å². The van der Waals surface area contributed by atoms with E-state index in [-0.39, 0.29) is 0 Å². The molecule has 5 nitrogen and oxygen atoms in total. The molecule has 0 bridgehead atoms. The number of hydrogen-bond donors (Lipinski definition) is 0. The molecule has 0 aliphatic carbocycles. The minimum Gasteiger partial charge on any atom is -0.309 e. The monoisotopic (exact) mass is 312 g/mol. The summed E-state index contributed by atoms with van der Waals surface area (Å²) in [4.78, 5) is 15.7. The lowest BCUT2D eigenvalue weighted by molar-refractivity contribution is -0.137. The highest BCUT2D eigenvalue weighted by atomic mass is 32.3. The third-order valence-corrected chi connectivity index (χ3v) is 4.00. The molecule has 1 aliphatic rings. The minimum atomic E-state index is -4.99. The summed E-state index contributed by atoms with van der Waals surface area (Å²) in [6, 6.07) is 0.667. The van der Waals surface area contributed by atoms with Crippen LogP contribution < -0.4 is 4.90 Å². The van der Waals surface area contributed by atoms with Crippen molar-refractivity contribution in [1.82, 2.24) is 4.98 Å². The Labute approximate surface area is 111 Å². The van der Waals surface area contributed by atoms with Crippen LogP contribution in [0.4, 0.5) is 22.7 Å². The molecule has 0 spiro atoms. The van der Waals surface area contributed by atoms with Gasteiger partial charge in [-0.25, -0.2) is 0 Å². The first-order valence-electron chi connectivity index (χ1n) is 5.35. The van der Waals surface area contributed by atoms with E-state index in [1.807, 2.05) is 0 Å². The van der Waals surface area contributed by atoms with Gasteiger partial charge in [-0.3, -0.25) is 9.78 Å². The SMILES string of the molecule is O=C1CC(S(=O)(=O)F)CN1c1cnccc1C(F)(F)F. The zero-order valence-electron chi connectivity index (χ0n) is 9.76. The maximum Gasteiger partial charge on any atom is 0.418 e. The molecule has 1 unspecified atom stereocenters. The van der Waals surface area contributed by atoms with Gasteiger partial charge in [0.05, 0.1) is 17.4 Å². The Morgan fingerprint density at radius 3 is 2.50 bits per heavy atom. The second-order valence-corrected chi connectivity index (χ2v) is 5.81. The predicted molar refractivity (Wildman–Crippen MR) is 60.0 cm³/mol. The van der Waals surface area contributed by atoms with Crippen LogP contribution in [0.15, 0.2) is 18.5 Å². The molecule has 1 aromatic heterocycles. The first-order valence-corrected chi connectivity index (χ1v) is 6.80. The quantitative estimate of drug-likeness (QED) is 0.613. The van der Waals surface area contributed by atoms with Crippen LogP contribution in [-0.2, 0) is 21.2 Å². The van der Waals surface area contributed by atoms with E-state index in [2.05, 4.69) is 4.98 Å². The summed E-state index contributed by atoms with van der Waals surface area (Å²) in [5, 5.41) is -1.66. The predicted octanol–water partition coefficient (Wildman–Crippen LogP) is 1.51. The molecule has 20 heavy (non-hydrogen) atoms. The largest absolute Gasteiger partial charge is 0.418 e. The second kappa shape index (κ2) is 4.69. The van der Waals surface area contributed by atoms with E-state index in [9.17, 15) is 30.3 Å². The lowest BCUT2D eigenvalue weighted by Crippen LogP contribution is -2.29. The van der Waals surface area contributed by atoms with Crippen molar-refractivity contribution in [2.45, 2.75) is 17.8 Å². The average Bonchev–Trinajstić information content (AvgIpc) is 2.70. The fraction of sp³-hybridized carbons (Fsp3) is 0.400. The molecule has 10 heteroatoms. The Bertz CT molecular complexity index is 644. The van der Waals surface area contributed by atoms with Crippen molar-refractivity contribution in [2.24, 2.45) is 0 Å². The fourth-order valence-corrected chi connectivity index (χ4v) is 2.61. The van der Waals surface area contributed by atoms with Gasteiger partial charge < -0.3 is 4.90 Å². The average molecular weight is 312 g/mol. The number of rotatable bonds is 2. The van der Waals surface area contributed by atoms with Gasteiger partial charge in [0.25, 0.3) is 0 Å². The molecule has 0 N–H and O–H groups in total. The number of pyridine rings is 1. The molecule has 1 saturated heterocycles. The summed E-state index contributed by atoms with van der Waals surface area (Å²) in [6.45, 7) is -0.660. The number of hydrogen-bond acceptors (Lipinski definition) is 4. The van der Waals surface area contributed by atoms with E-state index in [4.69, 9.17) is 0 Å². The van der Waals surface area contributed by atoms with Crippen molar-refractivity contribution < 1.29 is 30.3 Å². The molecule has 1 amide bonds. The van der Waals surface area contributed by atoms with Crippen LogP contribution in [0, 0.1) is 0 Å². The van der Waals surface area contributed by atoms with Crippen molar-refractivity contribution >= 4 is 21.8 Å². The molecule has 1 fully saturated rings. The lowest BCUT2D eigenvalue weighted by atomic mass is 10.2. The molecule has 1 aromatic rings. The molecule has 0 aromatic carbocycles. The number of aromatic nitrogens is 1. The minimum absolute atomic E-state index is 0.573. The number of anilines is 1. The number of halogens is 4. The Hall–Kier alpha value is -1.71. The first kappa shape index (κ1) is 14.7. The smallest absolute Gasteiger partial charge is 0.309 e. The summed E-state index contributed by atoms with van der Waals surface area (Å²) < 4.78 is 72.8. The maximum absolute atomic E-state index is 12.8. The zero-order chi connectivity index (χ0) is 15.1. The third kappa shape index (κ3) is 2.74. The number of alkyl halides is 3. The van der Waals surface area contributed by atoms with E-state index in [0.29, 0.717) is 11.0 Å². The molecule has 110 valence electrons. The summed E-state index contributed by atoms with van der Waals surface area (Å²) in [5.74, 6) is -0.894. The Kier molecular flexibility index (Phi) is 3.44. The Morgan fingerprint density at radius 1 is 1.35 bits per heavy atom. The normalized spacial score (nSPS) is 20.5. The van der Waals surface area contributed by atoms with Gasteiger partial charge in [0.2, 0.25) is 5.91 Å². The number of carbonyl (C=O) groups is 1. The van der Waals surface area contributed by atoms with Crippen LogP contribution in [0.3, 0.4) is 0 Å². The van der Waals surface area contributed by atoms with Gasteiger partial charge in [-0.1, -0.05) is 0 Å². The van der Waals surface area contributed by atoms with Gasteiger partial charge in [0, 0.05) is 19.2 Å². The van der Waals surface area contributed by atoms with Gasteiger partial charge in [-0.2, -0.15) is 21.6 Å². The lowest BCUT2D eigenvalue weighted by Gasteiger charge is -2.20. The van der Waals surface area contributed by atoms with Gasteiger partial charge in [-0.05, 0) is 6.07 Å². The molecule has 1 aliphatic heterocycles. The topological polar surface area (TPSA) is 67.3 Å². The van der Waals surface area contributed by atoms with Gasteiger partial charge in [0.15, 0.2) is 0 Å². The van der Waals surface area contributed by atoms with Crippen LogP contribution in [0.25, 0.3) is 0 Å². The molecule has 2 heterocycles. The molecular weight excluding hydrogens is 304 g/mol. The van der Waals surface area contributed by atoms with Crippen LogP contribution in [0.5, 0.6) is 0 Å². The summed E-state index contributed by atoms with van der Waals surface area (Å²) >= 11 is 0. The van der Waals surface area contributed by atoms with Gasteiger partial charge in [0.1, 0.15) is 5.25 Å². The van der Waals surface area contributed by atoms with Crippen LogP contribution in [0.1, 0.15) is 12.0 Å². The van der Waals surface area contributed by atoms with Crippen molar-refractivity contribution in [3.8, 4) is 0 Å². The number of amides is 1.